The highest BCUT2D eigenvalue weighted by atomic mass is 16.6. The lowest BCUT2D eigenvalue weighted by Crippen LogP contribution is -2.03. The van der Waals surface area contributed by atoms with Gasteiger partial charge >= 0.3 is 0 Å². The number of nitro groups is 1. The molecule has 0 unspecified atom stereocenters. The van der Waals surface area contributed by atoms with Gasteiger partial charge in [-0.05, 0) is 12.8 Å². The summed E-state index contributed by atoms with van der Waals surface area (Å²) < 4.78 is 1.56. The van der Waals surface area contributed by atoms with Crippen LogP contribution in [0.15, 0.2) is 30.5 Å². The van der Waals surface area contributed by atoms with Crippen LogP contribution in [0.1, 0.15) is 17.7 Å². The van der Waals surface area contributed by atoms with Gasteiger partial charge in [-0.25, -0.2) is 4.68 Å². The average molecular weight is 262 g/mol. The first-order valence-electron chi connectivity index (χ1n) is 5.93. The first kappa shape index (κ1) is 13.2. The molecule has 0 bridgehead atoms. The molecule has 1 heterocycles. The first-order valence-corrected chi connectivity index (χ1v) is 5.93. The topological polar surface area (TPSA) is 94.1 Å². The Morgan fingerprint density at radius 1 is 1.37 bits per heavy atom. The van der Waals surface area contributed by atoms with Gasteiger partial charge in [-0.15, -0.1) is 5.10 Å². The highest BCUT2D eigenvalue weighted by Gasteiger charge is 2.13. The third-order valence-electron chi connectivity index (χ3n) is 2.70. The number of nitrogens with zero attached hydrogens (tertiary/aromatic N) is 4. The zero-order valence-corrected chi connectivity index (χ0v) is 10.3. The fraction of sp³-hybridized carbons (Fsp3) is 0.333. The van der Waals surface area contributed by atoms with E-state index in [9.17, 15) is 10.1 Å². The molecule has 2 aromatic rings. The fourth-order valence-corrected chi connectivity index (χ4v) is 1.79. The van der Waals surface area contributed by atoms with Crippen LogP contribution in [0.5, 0.6) is 0 Å². The largest absolute Gasteiger partial charge is 0.396 e. The highest BCUT2D eigenvalue weighted by Crippen LogP contribution is 2.18. The molecule has 0 saturated carbocycles. The SMILES string of the molecule is O=[N+]([O-])c1ccccc1Cn1cc(CCCO)nn1. The third kappa shape index (κ3) is 3.35. The Morgan fingerprint density at radius 3 is 2.89 bits per heavy atom. The van der Waals surface area contributed by atoms with Crippen LogP contribution in [0.3, 0.4) is 0 Å². The Labute approximate surface area is 109 Å². The van der Waals surface area contributed by atoms with Gasteiger partial charge < -0.3 is 5.11 Å². The van der Waals surface area contributed by atoms with E-state index in [-0.39, 0.29) is 12.3 Å². The van der Waals surface area contributed by atoms with E-state index < -0.39 is 4.92 Å². The average Bonchev–Trinajstić information content (AvgIpc) is 2.84. The summed E-state index contributed by atoms with van der Waals surface area (Å²) in [5.74, 6) is 0. The van der Waals surface area contributed by atoms with Crippen LogP contribution in [-0.4, -0.2) is 31.6 Å². The van der Waals surface area contributed by atoms with Gasteiger partial charge in [0.1, 0.15) is 0 Å². The molecular formula is C12H14N4O3. The van der Waals surface area contributed by atoms with Crippen molar-refractivity contribution in [3.8, 4) is 0 Å². The van der Waals surface area contributed by atoms with E-state index in [4.69, 9.17) is 5.11 Å². The van der Waals surface area contributed by atoms with Gasteiger partial charge in [-0.3, -0.25) is 10.1 Å². The van der Waals surface area contributed by atoms with Gasteiger partial charge in [0, 0.05) is 18.9 Å². The van der Waals surface area contributed by atoms with E-state index in [2.05, 4.69) is 10.3 Å². The van der Waals surface area contributed by atoms with Crippen molar-refractivity contribution in [2.24, 2.45) is 0 Å². The summed E-state index contributed by atoms with van der Waals surface area (Å²) >= 11 is 0. The Bertz CT molecular complexity index is 568. The number of aliphatic hydroxyl groups excluding tert-OH is 1. The molecule has 1 aromatic heterocycles. The van der Waals surface area contributed by atoms with Crippen LogP contribution in [0.2, 0.25) is 0 Å². The summed E-state index contributed by atoms with van der Waals surface area (Å²) in [5, 5.41) is 27.5. The maximum atomic E-state index is 10.9. The predicted molar refractivity (Wildman–Crippen MR) is 67.6 cm³/mol. The second kappa shape index (κ2) is 6.05. The number of para-hydroxylation sites is 1. The van der Waals surface area contributed by atoms with Gasteiger partial charge in [-0.2, -0.15) is 0 Å². The van der Waals surface area contributed by atoms with Crippen molar-refractivity contribution in [3.05, 3.63) is 51.8 Å². The van der Waals surface area contributed by atoms with Gasteiger partial charge in [0.25, 0.3) is 5.69 Å². The van der Waals surface area contributed by atoms with E-state index in [1.807, 2.05) is 0 Å². The van der Waals surface area contributed by atoms with Gasteiger partial charge in [0.05, 0.1) is 22.7 Å². The lowest BCUT2D eigenvalue weighted by Gasteiger charge is -2.01. The highest BCUT2D eigenvalue weighted by molar-refractivity contribution is 5.39. The van der Waals surface area contributed by atoms with Crippen LogP contribution in [0, 0.1) is 10.1 Å². The van der Waals surface area contributed by atoms with E-state index in [0.29, 0.717) is 24.9 Å². The van der Waals surface area contributed by atoms with Gasteiger partial charge in [0.15, 0.2) is 0 Å². The second-order valence-corrected chi connectivity index (χ2v) is 4.12. The zero-order chi connectivity index (χ0) is 13.7. The fourth-order valence-electron chi connectivity index (χ4n) is 1.79. The minimum atomic E-state index is -0.404. The Balaban J connectivity index is 2.13. The molecule has 7 nitrogen and oxygen atoms in total. The summed E-state index contributed by atoms with van der Waals surface area (Å²) in [5.41, 5.74) is 1.44. The number of nitro benzene ring substituents is 1. The predicted octanol–water partition coefficient (Wildman–Crippen LogP) is 1.16. The van der Waals surface area contributed by atoms with E-state index in [1.165, 1.54) is 6.07 Å². The summed E-state index contributed by atoms with van der Waals surface area (Å²) in [4.78, 5) is 10.5. The third-order valence-corrected chi connectivity index (χ3v) is 2.70. The lowest BCUT2D eigenvalue weighted by molar-refractivity contribution is -0.385. The molecule has 19 heavy (non-hydrogen) atoms. The van der Waals surface area contributed by atoms with Gasteiger partial charge in [-0.1, -0.05) is 23.4 Å². The number of benzene rings is 1. The van der Waals surface area contributed by atoms with Crippen LogP contribution in [-0.2, 0) is 13.0 Å². The summed E-state index contributed by atoms with van der Waals surface area (Å²) in [6.45, 7) is 0.417. The number of rotatable bonds is 6. The van der Waals surface area contributed by atoms with Crippen LogP contribution < -0.4 is 0 Å². The van der Waals surface area contributed by atoms with Crippen LogP contribution >= 0.6 is 0 Å². The molecule has 2 rings (SSSR count). The molecule has 0 saturated heterocycles. The number of aryl methyl sites for hydroxylation is 1. The van der Waals surface area contributed by atoms with Crippen molar-refractivity contribution >= 4 is 5.69 Å². The van der Waals surface area contributed by atoms with Crippen LogP contribution in [0.4, 0.5) is 5.69 Å². The molecule has 0 radical (unpaired) electrons. The normalized spacial score (nSPS) is 10.6. The second-order valence-electron chi connectivity index (χ2n) is 4.12. The minimum Gasteiger partial charge on any atom is -0.396 e. The van der Waals surface area contributed by atoms with E-state index in [1.54, 1.807) is 29.1 Å². The van der Waals surface area contributed by atoms with Crippen molar-refractivity contribution in [3.63, 3.8) is 0 Å². The molecular weight excluding hydrogens is 248 g/mol. The van der Waals surface area contributed by atoms with Crippen molar-refractivity contribution in [1.82, 2.24) is 15.0 Å². The zero-order valence-electron chi connectivity index (χ0n) is 10.3. The summed E-state index contributed by atoms with van der Waals surface area (Å²) in [6, 6.07) is 6.56. The van der Waals surface area contributed by atoms with Gasteiger partial charge in [0.2, 0.25) is 0 Å². The molecule has 1 aromatic carbocycles. The number of aliphatic hydroxyl groups is 1. The number of aromatic nitrogens is 3. The molecule has 0 atom stereocenters. The summed E-state index contributed by atoms with van der Waals surface area (Å²) in [7, 11) is 0. The van der Waals surface area contributed by atoms with E-state index in [0.717, 1.165) is 5.69 Å². The Kier molecular flexibility index (Phi) is 4.19. The molecule has 1 N–H and O–H groups in total. The Morgan fingerprint density at radius 2 is 2.16 bits per heavy atom. The smallest absolute Gasteiger partial charge is 0.274 e. The quantitative estimate of drug-likeness (QED) is 0.622. The molecule has 0 spiro atoms. The monoisotopic (exact) mass is 262 g/mol. The standard InChI is InChI=1S/C12H14N4O3/c17-7-3-5-11-9-15(14-13-11)8-10-4-1-2-6-12(10)16(18)19/h1-2,4,6,9,17H,3,5,7-8H2. The number of hydrogen-bond acceptors (Lipinski definition) is 5. The maximum Gasteiger partial charge on any atom is 0.274 e. The van der Waals surface area contributed by atoms with Crippen molar-refractivity contribution < 1.29 is 10.0 Å². The molecule has 0 aliphatic carbocycles. The molecule has 0 aliphatic heterocycles. The number of hydrogen-bond donors (Lipinski definition) is 1. The molecule has 0 aliphatic rings. The molecule has 100 valence electrons. The van der Waals surface area contributed by atoms with E-state index >= 15 is 0 Å². The Hall–Kier alpha value is -2.28. The van der Waals surface area contributed by atoms with Crippen molar-refractivity contribution in [2.75, 3.05) is 6.61 Å². The maximum absolute atomic E-state index is 10.9. The molecule has 0 fully saturated rings. The van der Waals surface area contributed by atoms with Crippen molar-refractivity contribution in [1.29, 1.82) is 0 Å². The molecule has 7 heteroatoms. The minimum absolute atomic E-state index is 0.0786. The molecule has 0 amide bonds. The lowest BCUT2D eigenvalue weighted by atomic mass is 10.2. The summed E-state index contributed by atoms with van der Waals surface area (Å²) in [6.07, 6.45) is 3.02. The van der Waals surface area contributed by atoms with Crippen molar-refractivity contribution in [2.45, 2.75) is 19.4 Å². The van der Waals surface area contributed by atoms with Crippen LogP contribution in [0.25, 0.3) is 0 Å². The first-order chi connectivity index (χ1) is 9.20.